The first-order valence-electron chi connectivity index (χ1n) is 10.3. The van der Waals surface area contributed by atoms with Crippen LogP contribution in [-0.4, -0.2) is 22.8 Å². The van der Waals surface area contributed by atoms with Gasteiger partial charge < -0.3 is 18.9 Å². The van der Waals surface area contributed by atoms with Crippen LogP contribution in [0.1, 0.15) is 35.2 Å². The summed E-state index contributed by atoms with van der Waals surface area (Å²) >= 11 is 0. The number of ether oxygens (including phenoxy) is 2. The lowest BCUT2D eigenvalue weighted by Crippen LogP contribution is -2.31. The average molecular weight is 404 g/mol. The van der Waals surface area contributed by atoms with E-state index < -0.39 is 0 Å². The smallest absolute Gasteiger partial charge is 0.231 e. The van der Waals surface area contributed by atoms with Crippen molar-refractivity contribution in [3.8, 4) is 22.8 Å². The lowest BCUT2D eigenvalue weighted by atomic mass is 10.0. The van der Waals surface area contributed by atoms with E-state index in [1.807, 2.05) is 29.2 Å². The Kier molecular flexibility index (Phi) is 4.69. The molecule has 0 bridgehead atoms. The van der Waals surface area contributed by atoms with E-state index in [1.165, 1.54) is 5.56 Å². The molecule has 2 aliphatic rings. The van der Waals surface area contributed by atoms with Crippen molar-refractivity contribution in [2.24, 2.45) is 5.92 Å². The van der Waals surface area contributed by atoms with Gasteiger partial charge in [-0.25, -0.2) is 0 Å². The third kappa shape index (κ3) is 3.77. The topological polar surface area (TPSA) is 64.8 Å². The van der Waals surface area contributed by atoms with Gasteiger partial charge in [-0.3, -0.25) is 4.79 Å². The summed E-state index contributed by atoms with van der Waals surface area (Å²) in [5, 5.41) is 4.24. The number of hydrogen-bond acceptors (Lipinski definition) is 5. The van der Waals surface area contributed by atoms with E-state index in [0.717, 1.165) is 52.5 Å². The second-order valence-corrected chi connectivity index (χ2v) is 8.16. The fourth-order valence-electron chi connectivity index (χ4n) is 3.86. The summed E-state index contributed by atoms with van der Waals surface area (Å²) < 4.78 is 16.5. The highest BCUT2D eigenvalue weighted by Crippen LogP contribution is 2.35. The number of fused-ring (bicyclic) bond motifs is 1. The van der Waals surface area contributed by atoms with E-state index in [0.29, 0.717) is 13.1 Å². The molecular formula is C24H24N2O4. The van der Waals surface area contributed by atoms with Gasteiger partial charge in [0.2, 0.25) is 12.7 Å². The Morgan fingerprint density at radius 2 is 1.87 bits per heavy atom. The van der Waals surface area contributed by atoms with E-state index in [1.54, 1.807) is 0 Å². The first-order chi connectivity index (χ1) is 14.6. The van der Waals surface area contributed by atoms with Gasteiger partial charge in [-0.1, -0.05) is 35.0 Å². The van der Waals surface area contributed by atoms with Crippen molar-refractivity contribution in [2.45, 2.75) is 39.8 Å². The third-order valence-electron chi connectivity index (χ3n) is 5.61. The highest BCUT2D eigenvalue weighted by Gasteiger charge is 2.34. The minimum Gasteiger partial charge on any atom is -0.454 e. The maximum absolute atomic E-state index is 12.9. The highest BCUT2D eigenvalue weighted by atomic mass is 16.7. The van der Waals surface area contributed by atoms with Crippen molar-refractivity contribution in [2.75, 3.05) is 6.79 Å². The van der Waals surface area contributed by atoms with Gasteiger partial charge in [0, 0.05) is 24.1 Å². The summed E-state index contributed by atoms with van der Waals surface area (Å²) in [5.41, 5.74) is 5.13. The van der Waals surface area contributed by atoms with Crippen LogP contribution < -0.4 is 9.47 Å². The van der Waals surface area contributed by atoms with Crippen LogP contribution >= 0.6 is 0 Å². The predicted octanol–water partition coefficient (Wildman–Crippen LogP) is 4.63. The molecule has 154 valence electrons. The molecule has 6 heteroatoms. The molecule has 0 atom stereocenters. The Morgan fingerprint density at radius 1 is 1.03 bits per heavy atom. The van der Waals surface area contributed by atoms with Crippen molar-refractivity contribution in [3.05, 3.63) is 64.8 Å². The fraction of sp³-hybridized carbons (Fsp3) is 0.333. The van der Waals surface area contributed by atoms with Crippen LogP contribution in [0.15, 0.2) is 47.0 Å². The number of benzene rings is 2. The number of aryl methyl sites for hydroxylation is 2. The molecule has 1 fully saturated rings. The number of aromatic nitrogens is 1. The van der Waals surface area contributed by atoms with Crippen LogP contribution in [-0.2, 0) is 17.9 Å². The maximum atomic E-state index is 12.9. The zero-order valence-corrected chi connectivity index (χ0v) is 17.2. The molecular weight excluding hydrogens is 380 g/mol. The first-order valence-corrected chi connectivity index (χ1v) is 10.3. The molecule has 1 aliphatic carbocycles. The Bertz CT molecular complexity index is 1100. The second-order valence-electron chi connectivity index (χ2n) is 8.16. The number of carbonyl (C=O) groups excluding carboxylic acids is 1. The Hall–Kier alpha value is -3.28. The number of rotatable bonds is 6. The van der Waals surface area contributed by atoms with Gasteiger partial charge in [-0.05, 0) is 49.9 Å². The molecule has 1 saturated carbocycles. The predicted molar refractivity (Wildman–Crippen MR) is 111 cm³/mol. The summed E-state index contributed by atoms with van der Waals surface area (Å²) in [6, 6.07) is 14.0. The van der Waals surface area contributed by atoms with Crippen LogP contribution in [0.3, 0.4) is 0 Å². The van der Waals surface area contributed by atoms with Gasteiger partial charge in [0.25, 0.3) is 0 Å². The molecule has 3 aromatic rings. The molecule has 6 nitrogen and oxygen atoms in total. The van der Waals surface area contributed by atoms with E-state index in [2.05, 4.69) is 37.2 Å². The van der Waals surface area contributed by atoms with E-state index in [4.69, 9.17) is 14.0 Å². The summed E-state index contributed by atoms with van der Waals surface area (Å²) in [6.07, 6.45) is 1.92. The molecule has 1 aromatic heterocycles. The maximum Gasteiger partial charge on any atom is 0.231 e. The molecule has 0 saturated heterocycles. The summed E-state index contributed by atoms with van der Waals surface area (Å²) in [6.45, 7) is 5.28. The molecule has 2 heterocycles. The van der Waals surface area contributed by atoms with Crippen LogP contribution in [0, 0.1) is 19.8 Å². The van der Waals surface area contributed by atoms with Crippen molar-refractivity contribution in [1.29, 1.82) is 0 Å². The standard InChI is InChI=1S/C24H24N2O4/c1-15-3-7-20(16(2)9-15)22-11-19(25-30-22)13-26(24(27)18-5-6-18)12-17-4-8-21-23(10-17)29-14-28-21/h3-4,7-11,18H,5-6,12-14H2,1-2H3. The van der Waals surface area contributed by atoms with Gasteiger partial charge in [-0.2, -0.15) is 0 Å². The SMILES string of the molecule is Cc1ccc(-c2cc(CN(Cc3ccc4c(c3)OCO4)C(=O)C3CC3)no2)c(C)c1. The minimum absolute atomic E-state index is 0.129. The number of amides is 1. The molecule has 5 rings (SSSR count). The van der Waals surface area contributed by atoms with Crippen molar-refractivity contribution in [1.82, 2.24) is 10.1 Å². The largest absolute Gasteiger partial charge is 0.454 e. The summed E-state index contributed by atoms with van der Waals surface area (Å²) in [5.74, 6) is 2.50. The number of nitrogens with zero attached hydrogens (tertiary/aromatic N) is 2. The number of carbonyl (C=O) groups is 1. The fourth-order valence-corrected chi connectivity index (χ4v) is 3.86. The van der Waals surface area contributed by atoms with E-state index in [-0.39, 0.29) is 18.6 Å². The van der Waals surface area contributed by atoms with Crippen molar-refractivity contribution in [3.63, 3.8) is 0 Å². The second kappa shape index (κ2) is 7.52. The van der Waals surface area contributed by atoms with E-state index in [9.17, 15) is 4.79 Å². The highest BCUT2D eigenvalue weighted by molar-refractivity contribution is 5.81. The average Bonchev–Trinajstić information content (AvgIpc) is 3.30. The summed E-state index contributed by atoms with van der Waals surface area (Å²) in [4.78, 5) is 14.8. The molecule has 1 amide bonds. The molecule has 0 spiro atoms. The monoisotopic (exact) mass is 404 g/mol. The molecule has 1 aliphatic heterocycles. The van der Waals surface area contributed by atoms with Gasteiger partial charge in [-0.15, -0.1) is 0 Å². The van der Waals surface area contributed by atoms with Gasteiger partial charge >= 0.3 is 0 Å². The van der Waals surface area contributed by atoms with Gasteiger partial charge in [0.1, 0.15) is 5.69 Å². The van der Waals surface area contributed by atoms with Crippen molar-refractivity contribution >= 4 is 5.91 Å². The van der Waals surface area contributed by atoms with Crippen LogP contribution in [0.4, 0.5) is 0 Å². The normalized spacial score (nSPS) is 14.7. The third-order valence-corrected chi connectivity index (χ3v) is 5.61. The zero-order chi connectivity index (χ0) is 20.7. The minimum atomic E-state index is 0.129. The Labute approximate surface area is 175 Å². The Balaban J connectivity index is 1.36. The van der Waals surface area contributed by atoms with Crippen LogP contribution in [0.25, 0.3) is 11.3 Å². The number of hydrogen-bond donors (Lipinski definition) is 0. The van der Waals surface area contributed by atoms with Crippen molar-refractivity contribution < 1.29 is 18.8 Å². The van der Waals surface area contributed by atoms with Gasteiger partial charge in [0.15, 0.2) is 17.3 Å². The molecule has 0 unspecified atom stereocenters. The molecule has 0 radical (unpaired) electrons. The molecule has 30 heavy (non-hydrogen) atoms. The first kappa shape index (κ1) is 18.7. The van der Waals surface area contributed by atoms with Crippen LogP contribution in [0.5, 0.6) is 11.5 Å². The molecule has 2 aromatic carbocycles. The van der Waals surface area contributed by atoms with E-state index >= 15 is 0 Å². The lowest BCUT2D eigenvalue weighted by Gasteiger charge is -2.22. The Morgan fingerprint density at radius 3 is 2.67 bits per heavy atom. The quantitative estimate of drug-likeness (QED) is 0.600. The zero-order valence-electron chi connectivity index (χ0n) is 17.2. The lowest BCUT2D eigenvalue weighted by molar-refractivity contribution is -0.133. The summed E-state index contributed by atoms with van der Waals surface area (Å²) in [7, 11) is 0. The molecule has 0 N–H and O–H groups in total. The van der Waals surface area contributed by atoms with Crippen LogP contribution in [0.2, 0.25) is 0 Å². The van der Waals surface area contributed by atoms with Gasteiger partial charge in [0.05, 0.1) is 6.54 Å².